The van der Waals surface area contributed by atoms with Crippen LogP contribution in [-0.2, 0) is 23.7 Å². The lowest BCUT2D eigenvalue weighted by Gasteiger charge is -2.20. The van der Waals surface area contributed by atoms with E-state index in [0.29, 0.717) is 26.2 Å². The Hall–Kier alpha value is -0.650. The fourth-order valence-electron chi connectivity index (χ4n) is 1.85. The van der Waals surface area contributed by atoms with E-state index >= 15 is 0 Å². The third-order valence-corrected chi connectivity index (χ3v) is 2.49. The van der Waals surface area contributed by atoms with Crippen molar-refractivity contribution in [3.8, 4) is 0 Å². The molecule has 2 saturated heterocycles. The SMILES string of the molecule is COC[C@H]1OC(=O)C[C@@H]1C1OCCO1. The van der Waals surface area contributed by atoms with Gasteiger partial charge in [-0.2, -0.15) is 0 Å². The summed E-state index contributed by atoms with van der Waals surface area (Å²) in [4.78, 5) is 11.1. The highest BCUT2D eigenvalue weighted by Gasteiger charge is 2.42. The second-order valence-electron chi connectivity index (χ2n) is 3.46. The van der Waals surface area contributed by atoms with Crippen molar-refractivity contribution in [2.24, 2.45) is 5.92 Å². The third-order valence-electron chi connectivity index (χ3n) is 2.49. The first-order valence-electron chi connectivity index (χ1n) is 4.73. The standard InChI is InChI=1S/C9H14O5/c1-11-5-7-6(4-8(10)14-7)9-12-2-3-13-9/h6-7,9H,2-5H2,1H3/t6-,7+/m0/s1. The van der Waals surface area contributed by atoms with E-state index in [1.54, 1.807) is 7.11 Å². The predicted molar refractivity (Wildman–Crippen MR) is 45.6 cm³/mol. The van der Waals surface area contributed by atoms with E-state index in [0.717, 1.165) is 0 Å². The largest absolute Gasteiger partial charge is 0.459 e. The smallest absolute Gasteiger partial charge is 0.306 e. The first-order chi connectivity index (χ1) is 6.81. The van der Waals surface area contributed by atoms with Crippen molar-refractivity contribution in [1.82, 2.24) is 0 Å². The van der Waals surface area contributed by atoms with Gasteiger partial charge in [0.15, 0.2) is 6.29 Å². The molecule has 0 spiro atoms. The molecule has 2 rings (SSSR count). The van der Waals surface area contributed by atoms with Crippen molar-refractivity contribution in [2.45, 2.75) is 18.8 Å². The van der Waals surface area contributed by atoms with E-state index in [1.807, 2.05) is 0 Å². The molecule has 0 radical (unpaired) electrons. The Labute approximate surface area is 82.3 Å². The van der Waals surface area contributed by atoms with Gasteiger partial charge in [0.05, 0.1) is 32.2 Å². The summed E-state index contributed by atoms with van der Waals surface area (Å²) in [7, 11) is 1.58. The topological polar surface area (TPSA) is 54.0 Å². The zero-order chi connectivity index (χ0) is 9.97. The summed E-state index contributed by atoms with van der Waals surface area (Å²) < 4.78 is 20.8. The number of methoxy groups -OCH3 is 1. The number of rotatable bonds is 3. The van der Waals surface area contributed by atoms with Crippen LogP contribution >= 0.6 is 0 Å². The molecule has 2 heterocycles. The molecule has 5 nitrogen and oxygen atoms in total. The zero-order valence-corrected chi connectivity index (χ0v) is 8.10. The lowest BCUT2D eigenvalue weighted by Crippen LogP contribution is -2.32. The van der Waals surface area contributed by atoms with Gasteiger partial charge in [-0.25, -0.2) is 0 Å². The lowest BCUT2D eigenvalue weighted by atomic mass is 10.0. The number of hydrogen-bond donors (Lipinski definition) is 0. The molecule has 0 aliphatic carbocycles. The summed E-state index contributed by atoms with van der Waals surface area (Å²) in [5.41, 5.74) is 0. The highest BCUT2D eigenvalue weighted by Crippen LogP contribution is 2.29. The summed E-state index contributed by atoms with van der Waals surface area (Å²) >= 11 is 0. The van der Waals surface area contributed by atoms with E-state index < -0.39 is 0 Å². The molecular weight excluding hydrogens is 188 g/mol. The van der Waals surface area contributed by atoms with Crippen molar-refractivity contribution in [3.63, 3.8) is 0 Å². The van der Waals surface area contributed by atoms with Gasteiger partial charge in [0, 0.05) is 7.11 Å². The van der Waals surface area contributed by atoms with Gasteiger partial charge in [-0.15, -0.1) is 0 Å². The molecule has 0 amide bonds. The second-order valence-corrected chi connectivity index (χ2v) is 3.46. The van der Waals surface area contributed by atoms with Crippen LogP contribution in [0.2, 0.25) is 0 Å². The van der Waals surface area contributed by atoms with E-state index in [-0.39, 0.29) is 24.3 Å². The van der Waals surface area contributed by atoms with E-state index in [4.69, 9.17) is 18.9 Å². The van der Waals surface area contributed by atoms with Gasteiger partial charge in [-0.05, 0) is 0 Å². The molecule has 14 heavy (non-hydrogen) atoms. The van der Waals surface area contributed by atoms with Gasteiger partial charge in [-0.1, -0.05) is 0 Å². The van der Waals surface area contributed by atoms with Crippen LogP contribution in [0.4, 0.5) is 0 Å². The van der Waals surface area contributed by atoms with Gasteiger partial charge in [0.2, 0.25) is 0 Å². The number of carbonyl (C=O) groups excluding carboxylic acids is 1. The minimum atomic E-state index is -0.304. The molecule has 0 aromatic carbocycles. The third kappa shape index (κ3) is 1.89. The van der Waals surface area contributed by atoms with Crippen molar-refractivity contribution >= 4 is 5.97 Å². The molecule has 2 aliphatic heterocycles. The van der Waals surface area contributed by atoms with Gasteiger partial charge >= 0.3 is 5.97 Å². The van der Waals surface area contributed by atoms with Crippen LogP contribution in [0.5, 0.6) is 0 Å². The number of ether oxygens (including phenoxy) is 4. The Bertz CT molecular complexity index is 211. The normalized spacial score (nSPS) is 33.6. The summed E-state index contributed by atoms with van der Waals surface area (Å²) in [6, 6.07) is 0. The van der Waals surface area contributed by atoms with Crippen molar-refractivity contribution in [1.29, 1.82) is 0 Å². The Morgan fingerprint density at radius 1 is 1.43 bits per heavy atom. The highest BCUT2D eigenvalue weighted by atomic mass is 16.7. The fraction of sp³-hybridized carbons (Fsp3) is 0.889. The monoisotopic (exact) mass is 202 g/mol. The van der Waals surface area contributed by atoms with Crippen LogP contribution in [0.15, 0.2) is 0 Å². The molecule has 2 aliphatic rings. The van der Waals surface area contributed by atoms with Crippen LogP contribution in [0.3, 0.4) is 0 Å². The summed E-state index contributed by atoms with van der Waals surface area (Å²) in [6.07, 6.45) is -0.171. The molecule has 0 N–H and O–H groups in total. The van der Waals surface area contributed by atoms with Crippen LogP contribution in [0.1, 0.15) is 6.42 Å². The van der Waals surface area contributed by atoms with E-state index in [9.17, 15) is 4.79 Å². The Morgan fingerprint density at radius 3 is 2.79 bits per heavy atom. The van der Waals surface area contributed by atoms with Gasteiger partial charge in [0.25, 0.3) is 0 Å². The van der Waals surface area contributed by atoms with E-state index in [2.05, 4.69) is 0 Å². The lowest BCUT2D eigenvalue weighted by molar-refractivity contribution is -0.145. The van der Waals surface area contributed by atoms with Crippen molar-refractivity contribution < 1.29 is 23.7 Å². The quantitative estimate of drug-likeness (QED) is 0.600. The number of esters is 1. The maximum absolute atomic E-state index is 11.1. The van der Waals surface area contributed by atoms with Gasteiger partial charge < -0.3 is 18.9 Å². The number of hydrogen-bond acceptors (Lipinski definition) is 5. The summed E-state index contributed by atoms with van der Waals surface area (Å²) in [5.74, 6) is -0.221. The van der Waals surface area contributed by atoms with Gasteiger partial charge in [-0.3, -0.25) is 4.79 Å². The maximum Gasteiger partial charge on any atom is 0.306 e. The zero-order valence-electron chi connectivity index (χ0n) is 8.10. The molecule has 0 unspecified atom stereocenters. The average molecular weight is 202 g/mol. The highest BCUT2D eigenvalue weighted by molar-refractivity contribution is 5.72. The van der Waals surface area contributed by atoms with Crippen LogP contribution in [0.25, 0.3) is 0 Å². The minimum absolute atomic E-state index is 0.0232. The molecule has 0 saturated carbocycles. The van der Waals surface area contributed by atoms with Crippen LogP contribution in [0, 0.1) is 5.92 Å². The molecule has 0 aromatic rings. The number of cyclic esters (lactones) is 1. The summed E-state index contributed by atoms with van der Waals surface area (Å²) in [5, 5.41) is 0. The summed E-state index contributed by atoms with van der Waals surface area (Å²) in [6.45, 7) is 1.59. The Morgan fingerprint density at radius 2 is 2.14 bits per heavy atom. The maximum atomic E-state index is 11.1. The molecule has 5 heteroatoms. The molecular formula is C9H14O5. The first kappa shape index (κ1) is 9.89. The average Bonchev–Trinajstić information content (AvgIpc) is 2.74. The molecule has 2 fully saturated rings. The van der Waals surface area contributed by atoms with Crippen LogP contribution in [-0.4, -0.2) is 45.3 Å². The Kier molecular flexibility index (Phi) is 3.00. The van der Waals surface area contributed by atoms with E-state index in [1.165, 1.54) is 0 Å². The molecule has 80 valence electrons. The fourth-order valence-corrected chi connectivity index (χ4v) is 1.85. The molecule has 0 aromatic heterocycles. The number of carbonyl (C=O) groups is 1. The first-order valence-corrected chi connectivity index (χ1v) is 4.73. The second kappa shape index (κ2) is 4.25. The van der Waals surface area contributed by atoms with Crippen molar-refractivity contribution in [3.05, 3.63) is 0 Å². The minimum Gasteiger partial charge on any atom is -0.459 e. The van der Waals surface area contributed by atoms with Gasteiger partial charge in [0.1, 0.15) is 6.10 Å². The predicted octanol–water partition coefficient (Wildman–Crippen LogP) is -0.0626. The molecule has 2 atom stereocenters. The Balaban J connectivity index is 1.96. The van der Waals surface area contributed by atoms with Crippen LogP contribution < -0.4 is 0 Å². The van der Waals surface area contributed by atoms with Crippen molar-refractivity contribution in [2.75, 3.05) is 26.9 Å². The molecule has 0 bridgehead atoms.